The molecule has 2 heterocycles. The maximum atomic E-state index is 14.0. The van der Waals surface area contributed by atoms with Crippen molar-refractivity contribution in [3.63, 3.8) is 0 Å². The first-order valence-corrected chi connectivity index (χ1v) is 7.06. The molecule has 2 aromatic heterocycles. The van der Waals surface area contributed by atoms with Crippen molar-refractivity contribution in [1.82, 2.24) is 4.98 Å². The van der Waals surface area contributed by atoms with Crippen molar-refractivity contribution in [2.75, 3.05) is 5.32 Å². The number of rotatable bonds is 3. The number of carbonyl (C=O) groups is 1. The standard InChI is InChI=1S/C16H9FN2O2S/c1-2-9-5-6-12(11(17)8-9)19-15-13(16(20)21)10-4-3-7-18-14(10)22-15/h1,3-8,19H,(H,20,21). The van der Waals surface area contributed by atoms with Gasteiger partial charge in [-0.15, -0.1) is 6.42 Å². The van der Waals surface area contributed by atoms with Crippen LogP contribution in [0.4, 0.5) is 15.1 Å². The van der Waals surface area contributed by atoms with Gasteiger partial charge in [-0.25, -0.2) is 14.2 Å². The summed E-state index contributed by atoms with van der Waals surface area (Å²) in [5.74, 6) is 0.701. The maximum Gasteiger partial charge on any atom is 0.339 e. The third-order valence-corrected chi connectivity index (χ3v) is 4.09. The minimum Gasteiger partial charge on any atom is -0.478 e. The van der Waals surface area contributed by atoms with Crippen LogP contribution in [0.15, 0.2) is 36.5 Å². The number of aromatic carboxylic acids is 1. The van der Waals surface area contributed by atoms with Gasteiger partial charge >= 0.3 is 5.97 Å². The van der Waals surface area contributed by atoms with Crippen molar-refractivity contribution < 1.29 is 14.3 Å². The Bertz CT molecular complexity index is 928. The van der Waals surface area contributed by atoms with Crippen LogP contribution in [0, 0.1) is 18.2 Å². The van der Waals surface area contributed by atoms with Crippen molar-refractivity contribution in [3.8, 4) is 12.3 Å². The fourth-order valence-electron chi connectivity index (χ4n) is 2.06. The zero-order chi connectivity index (χ0) is 15.7. The minimum absolute atomic E-state index is 0.0773. The first kappa shape index (κ1) is 14.0. The summed E-state index contributed by atoms with van der Waals surface area (Å²) in [5, 5.41) is 13.1. The van der Waals surface area contributed by atoms with Gasteiger partial charge in [0.15, 0.2) is 0 Å². The quantitative estimate of drug-likeness (QED) is 0.721. The highest BCUT2D eigenvalue weighted by atomic mass is 32.1. The summed E-state index contributed by atoms with van der Waals surface area (Å²) in [6.07, 6.45) is 6.80. The van der Waals surface area contributed by atoms with Gasteiger partial charge in [-0.2, -0.15) is 0 Å². The molecule has 22 heavy (non-hydrogen) atoms. The number of carboxylic acids is 1. The molecule has 3 aromatic rings. The Morgan fingerprint density at radius 3 is 2.91 bits per heavy atom. The molecule has 0 aliphatic heterocycles. The summed E-state index contributed by atoms with van der Waals surface area (Å²) < 4.78 is 14.0. The van der Waals surface area contributed by atoms with Crippen molar-refractivity contribution in [3.05, 3.63) is 53.5 Å². The van der Waals surface area contributed by atoms with Gasteiger partial charge in [-0.3, -0.25) is 0 Å². The van der Waals surface area contributed by atoms with Crippen LogP contribution in [-0.4, -0.2) is 16.1 Å². The Hall–Kier alpha value is -2.91. The van der Waals surface area contributed by atoms with E-state index in [1.54, 1.807) is 24.4 Å². The molecule has 0 aliphatic carbocycles. The van der Waals surface area contributed by atoms with Crippen LogP contribution >= 0.6 is 11.3 Å². The molecule has 0 radical (unpaired) electrons. The molecule has 0 amide bonds. The summed E-state index contributed by atoms with van der Waals surface area (Å²) in [6, 6.07) is 7.61. The number of nitrogens with zero attached hydrogens (tertiary/aromatic N) is 1. The van der Waals surface area contributed by atoms with Gasteiger partial charge in [0, 0.05) is 17.1 Å². The Kier molecular flexibility index (Phi) is 3.49. The largest absolute Gasteiger partial charge is 0.478 e. The number of thiophene rings is 1. The van der Waals surface area contributed by atoms with E-state index in [9.17, 15) is 14.3 Å². The summed E-state index contributed by atoms with van der Waals surface area (Å²) in [6.45, 7) is 0. The third kappa shape index (κ3) is 2.38. The number of hydrogen-bond acceptors (Lipinski definition) is 4. The van der Waals surface area contributed by atoms with Crippen LogP contribution in [0.2, 0.25) is 0 Å². The third-order valence-electron chi connectivity index (χ3n) is 3.06. The van der Waals surface area contributed by atoms with Crippen LogP contribution in [0.25, 0.3) is 10.2 Å². The number of fused-ring (bicyclic) bond motifs is 1. The molecular formula is C16H9FN2O2S. The predicted molar refractivity (Wildman–Crippen MR) is 84.2 cm³/mol. The Morgan fingerprint density at radius 2 is 2.23 bits per heavy atom. The van der Waals surface area contributed by atoms with Gasteiger partial charge < -0.3 is 10.4 Å². The number of terminal acetylenes is 1. The fourth-order valence-corrected chi connectivity index (χ4v) is 3.11. The van der Waals surface area contributed by atoms with E-state index in [4.69, 9.17) is 6.42 Å². The van der Waals surface area contributed by atoms with Gasteiger partial charge in [0.25, 0.3) is 0 Å². The highest BCUT2D eigenvalue weighted by molar-refractivity contribution is 7.23. The Morgan fingerprint density at radius 1 is 1.41 bits per heavy atom. The molecule has 4 nitrogen and oxygen atoms in total. The molecule has 0 saturated carbocycles. The van der Waals surface area contributed by atoms with Gasteiger partial charge in [-0.1, -0.05) is 17.3 Å². The molecule has 1 aromatic carbocycles. The van der Waals surface area contributed by atoms with Gasteiger partial charge in [-0.05, 0) is 30.3 Å². The van der Waals surface area contributed by atoms with Gasteiger partial charge in [0.1, 0.15) is 21.2 Å². The molecule has 0 bridgehead atoms. The van der Waals surface area contributed by atoms with Crippen LogP contribution in [0.3, 0.4) is 0 Å². The lowest BCUT2D eigenvalue weighted by atomic mass is 10.2. The summed E-state index contributed by atoms with van der Waals surface area (Å²) >= 11 is 1.16. The maximum absolute atomic E-state index is 14.0. The Labute approximate surface area is 129 Å². The lowest BCUT2D eigenvalue weighted by Crippen LogP contribution is -2.01. The normalized spacial score (nSPS) is 10.4. The first-order chi connectivity index (χ1) is 10.6. The van der Waals surface area contributed by atoms with E-state index in [1.807, 2.05) is 0 Å². The van der Waals surface area contributed by atoms with E-state index in [0.717, 1.165) is 11.3 Å². The molecule has 0 saturated heterocycles. The molecule has 108 valence electrons. The monoisotopic (exact) mass is 312 g/mol. The molecule has 0 unspecified atom stereocenters. The number of halogens is 1. The van der Waals surface area contributed by atoms with E-state index in [-0.39, 0.29) is 11.3 Å². The van der Waals surface area contributed by atoms with E-state index < -0.39 is 11.8 Å². The molecule has 0 spiro atoms. The van der Waals surface area contributed by atoms with Crippen LogP contribution in [-0.2, 0) is 0 Å². The highest BCUT2D eigenvalue weighted by Gasteiger charge is 2.19. The second kappa shape index (κ2) is 5.47. The SMILES string of the molecule is C#Cc1ccc(Nc2sc3ncccc3c2C(=O)O)c(F)c1. The number of carboxylic acid groups (broad SMARTS) is 1. The van der Waals surface area contributed by atoms with Crippen LogP contribution in [0.1, 0.15) is 15.9 Å². The van der Waals surface area contributed by atoms with E-state index in [1.165, 1.54) is 12.1 Å². The molecule has 6 heteroatoms. The highest BCUT2D eigenvalue weighted by Crippen LogP contribution is 2.36. The number of hydrogen-bond donors (Lipinski definition) is 2. The number of benzene rings is 1. The van der Waals surface area contributed by atoms with Crippen molar-refractivity contribution in [2.24, 2.45) is 0 Å². The predicted octanol–water partition coefficient (Wildman–Crippen LogP) is 3.86. The fraction of sp³-hybridized carbons (Fsp3) is 0. The topological polar surface area (TPSA) is 62.2 Å². The number of aromatic nitrogens is 1. The summed E-state index contributed by atoms with van der Waals surface area (Å²) in [5.41, 5.74) is 0.654. The number of nitrogens with one attached hydrogen (secondary N) is 1. The van der Waals surface area contributed by atoms with Gasteiger partial charge in [0.2, 0.25) is 0 Å². The second-order valence-corrected chi connectivity index (χ2v) is 5.43. The molecule has 0 aliphatic rings. The molecule has 3 rings (SSSR count). The van der Waals surface area contributed by atoms with Gasteiger partial charge in [0.05, 0.1) is 5.69 Å². The van der Waals surface area contributed by atoms with Crippen molar-refractivity contribution in [1.29, 1.82) is 0 Å². The lowest BCUT2D eigenvalue weighted by Gasteiger charge is -2.07. The average molecular weight is 312 g/mol. The number of pyridine rings is 1. The molecule has 0 fully saturated rings. The smallest absolute Gasteiger partial charge is 0.339 e. The van der Waals surface area contributed by atoms with E-state index >= 15 is 0 Å². The Balaban J connectivity index is 2.09. The lowest BCUT2D eigenvalue weighted by molar-refractivity contribution is 0.0700. The van der Waals surface area contributed by atoms with Crippen LogP contribution < -0.4 is 5.32 Å². The zero-order valence-electron chi connectivity index (χ0n) is 11.1. The van der Waals surface area contributed by atoms with Crippen molar-refractivity contribution in [2.45, 2.75) is 0 Å². The molecule has 2 N–H and O–H groups in total. The second-order valence-electron chi connectivity index (χ2n) is 4.43. The molecular weight excluding hydrogens is 303 g/mol. The van der Waals surface area contributed by atoms with E-state index in [0.29, 0.717) is 20.8 Å². The van der Waals surface area contributed by atoms with Crippen molar-refractivity contribution >= 4 is 38.2 Å². The zero-order valence-corrected chi connectivity index (χ0v) is 11.9. The number of anilines is 2. The summed E-state index contributed by atoms with van der Waals surface area (Å²) in [7, 11) is 0. The average Bonchev–Trinajstić information content (AvgIpc) is 2.87. The minimum atomic E-state index is -1.09. The molecule has 0 atom stereocenters. The summed E-state index contributed by atoms with van der Waals surface area (Å²) in [4.78, 5) is 16.2. The first-order valence-electron chi connectivity index (χ1n) is 6.24. The van der Waals surface area contributed by atoms with Crippen LogP contribution in [0.5, 0.6) is 0 Å². The van der Waals surface area contributed by atoms with E-state index in [2.05, 4.69) is 16.2 Å².